The molecule has 0 saturated carbocycles. The van der Waals surface area contributed by atoms with Gasteiger partial charge in [0.05, 0.1) is 5.70 Å². The van der Waals surface area contributed by atoms with Crippen molar-refractivity contribution in [1.29, 1.82) is 0 Å². The third kappa shape index (κ3) is 5.17. The van der Waals surface area contributed by atoms with Gasteiger partial charge in [-0.05, 0) is 19.1 Å². The van der Waals surface area contributed by atoms with Gasteiger partial charge in [0.15, 0.2) is 0 Å². The van der Waals surface area contributed by atoms with Crippen molar-refractivity contribution in [3.8, 4) is 0 Å². The standard InChI is InChI=1S/C9H11NO2/c1-3-5-8(10-4-2)6-7-9(11)12/h3-7H,1H2,2H3,(H,11,12)/b7-6+,8-5-,10-4?. The number of carboxylic acids is 1. The lowest BCUT2D eigenvalue weighted by molar-refractivity contribution is -0.131. The van der Waals surface area contributed by atoms with E-state index in [0.717, 1.165) is 6.08 Å². The molecule has 0 heterocycles. The van der Waals surface area contributed by atoms with Gasteiger partial charge in [-0.1, -0.05) is 12.7 Å². The van der Waals surface area contributed by atoms with Crippen molar-refractivity contribution in [1.82, 2.24) is 0 Å². The molecule has 0 fully saturated rings. The first-order valence-corrected chi connectivity index (χ1v) is 3.43. The SMILES string of the molecule is C=C/C=C(/C=C/C(=O)O)N=CC. The fourth-order valence-corrected chi connectivity index (χ4v) is 0.568. The number of aliphatic carboxylic acids is 1. The summed E-state index contributed by atoms with van der Waals surface area (Å²) in [6.45, 7) is 5.23. The Morgan fingerprint density at radius 2 is 2.17 bits per heavy atom. The van der Waals surface area contributed by atoms with E-state index in [9.17, 15) is 4.79 Å². The van der Waals surface area contributed by atoms with Crippen LogP contribution in [0.25, 0.3) is 0 Å². The zero-order chi connectivity index (χ0) is 9.40. The summed E-state index contributed by atoms with van der Waals surface area (Å²) in [5.41, 5.74) is 0.565. The highest BCUT2D eigenvalue weighted by Crippen LogP contribution is 1.98. The number of aliphatic imine (C=N–C) groups is 1. The summed E-state index contributed by atoms with van der Waals surface area (Å²) in [5.74, 6) is -0.990. The van der Waals surface area contributed by atoms with E-state index in [0.29, 0.717) is 5.70 Å². The topological polar surface area (TPSA) is 49.7 Å². The Morgan fingerprint density at radius 1 is 1.50 bits per heavy atom. The molecule has 0 aliphatic rings. The highest BCUT2D eigenvalue weighted by molar-refractivity contribution is 5.80. The molecule has 0 unspecified atom stereocenters. The average Bonchev–Trinajstić information content (AvgIpc) is 2.01. The van der Waals surface area contributed by atoms with E-state index in [1.165, 1.54) is 6.08 Å². The summed E-state index contributed by atoms with van der Waals surface area (Å²) in [7, 11) is 0. The molecule has 1 N–H and O–H groups in total. The van der Waals surface area contributed by atoms with Crippen LogP contribution >= 0.6 is 0 Å². The molecule has 0 spiro atoms. The molecular formula is C9H11NO2. The molecule has 3 heteroatoms. The van der Waals surface area contributed by atoms with Gasteiger partial charge in [-0.2, -0.15) is 0 Å². The fraction of sp³-hybridized carbons (Fsp3) is 0.111. The number of allylic oxidation sites excluding steroid dienone is 3. The predicted octanol–water partition coefficient (Wildman–Crippen LogP) is 1.79. The zero-order valence-electron chi connectivity index (χ0n) is 6.90. The normalized spacial score (nSPS) is 12.6. The van der Waals surface area contributed by atoms with Crippen LogP contribution in [-0.4, -0.2) is 17.3 Å². The van der Waals surface area contributed by atoms with Crippen molar-refractivity contribution in [2.24, 2.45) is 4.99 Å². The lowest BCUT2D eigenvalue weighted by Gasteiger charge is -1.88. The van der Waals surface area contributed by atoms with E-state index < -0.39 is 5.97 Å². The molecular weight excluding hydrogens is 154 g/mol. The average molecular weight is 165 g/mol. The highest BCUT2D eigenvalue weighted by atomic mass is 16.4. The van der Waals surface area contributed by atoms with E-state index in [1.54, 1.807) is 25.3 Å². The second kappa shape index (κ2) is 6.09. The van der Waals surface area contributed by atoms with Crippen LogP contribution in [0.5, 0.6) is 0 Å². The Morgan fingerprint density at radius 3 is 2.58 bits per heavy atom. The number of hydrogen-bond donors (Lipinski definition) is 1. The summed E-state index contributed by atoms with van der Waals surface area (Å²) in [6.07, 6.45) is 7.20. The monoisotopic (exact) mass is 165 g/mol. The van der Waals surface area contributed by atoms with Crippen molar-refractivity contribution < 1.29 is 9.90 Å². The summed E-state index contributed by atoms with van der Waals surface area (Å²) in [6, 6.07) is 0. The number of hydrogen-bond acceptors (Lipinski definition) is 2. The molecule has 0 aliphatic heterocycles. The Labute approximate surface area is 71.4 Å². The summed E-state index contributed by atoms with van der Waals surface area (Å²) >= 11 is 0. The maximum atomic E-state index is 10.1. The third-order valence-electron chi connectivity index (χ3n) is 0.963. The molecule has 0 atom stereocenters. The van der Waals surface area contributed by atoms with Gasteiger partial charge < -0.3 is 5.11 Å². The largest absolute Gasteiger partial charge is 0.478 e. The summed E-state index contributed by atoms with van der Waals surface area (Å²) in [4.78, 5) is 14.0. The van der Waals surface area contributed by atoms with E-state index >= 15 is 0 Å². The quantitative estimate of drug-likeness (QED) is 0.392. The van der Waals surface area contributed by atoms with Crippen LogP contribution in [0.2, 0.25) is 0 Å². The van der Waals surface area contributed by atoms with Gasteiger partial charge in [-0.25, -0.2) is 4.79 Å². The first kappa shape index (κ1) is 10.4. The maximum Gasteiger partial charge on any atom is 0.328 e. The minimum absolute atomic E-state index is 0.565. The molecule has 0 aliphatic carbocycles. The first-order valence-electron chi connectivity index (χ1n) is 3.43. The van der Waals surface area contributed by atoms with Crippen LogP contribution in [0.4, 0.5) is 0 Å². The van der Waals surface area contributed by atoms with Crippen LogP contribution in [0.1, 0.15) is 6.92 Å². The fourth-order valence-electron chi connectivity index (χ4n) is 0.568. The van der Waals surface area contributed by atoms with Crippen molar-refractivity contribution in [3.63, 3.8) is 0 Å². The molecule has 64 valence electrons. The van der Waals surface area contributed by atoms with Gasteiger partial charge in [0.1, 0.15) is 0 Å². The molecule has 0 saturated heterocycles. The molecule has 12 heavy (non-hydrogen) atoms. The second-order valence-electron chi connectivity index (χ2n) is 1.89. The minimum atomic E-state index is -0.990. The number of nitrogens with zero attached hydrogens (tertiary/aromatic N) is 1. The molecule has 0 rings (SSSR count). The van der Waals surface area contributed by atoms with Gasteiger partial charge in [0.2, 0.25) is 0 Å². The van der Waals surface area contributed by atoms with Crippen LogP contribution in [-0.2, 0) is 4.79 Å². The van der Waals surface area contributed by atoms with Crippen molar-refractivity contribution in [2.75, 3.05) is 0 Å². The Balaban J connectivity index is 4.43. The summed E-state index contributed by atoms with van der Waals surface area (Å²) < 4.78 is 0. The molecule has 0 aromatic rings. The molecule has 0 aromatic carbocycles. The van der Waals surface area contributed by atoms with Gasteiger partial charge in [0.25, 0.3) is 0 Å². The van der Waals surface area contributed by atoms with Crippen molar-refractivity contribution in [2.45, 2.75) is 6.92 Å². The van der Waals surface area contributed by atoms with Crippen LogP contribution in [0, 0.1) is 0 Å². The van der Waals surface area contributed by atoms with Gasteiger partial charge >= 0.3 is 5.97 Å². The molecule has 0 aromatic heterocycles. The van der Waals surface area contributed by atoms with Gasteiger partial charge in [-0.3, -0.25) is 4.99 Å². The molecule has 0 bridgehead atoms. The van der Waals surface area contributed by atoms with Gasteiger partial charge in [0, 0.05) is 12.3 Å². The van der Waals surface area contributed by atoms with Crippen LogP contribution in [0.3, 0.4) is 0 Å². The van der Waals surface area contributed by atoms with E-state index in [2.05, 4.69) is 11.6 Å². The molecule has 3 nitrogen and oxygen atoms in total. The number of rotatable bonds is 4. The molecule has 0 amide bonds. The number of carbonyl (C=O) groups is 1. The van der Waals surface area contributed by atoms with Gasteiger partial charge in [-0.15, -0.1) is 0 Å². The Bertz CT molecular complexity index is 249. The van der Waals surface area contributed by atoms with E-state index in [4.69, 9.17) is 5.11 Å². The summed E-state index contributed by atoms with van der Waals surface area (Å²) in [5, 5.41) is 8.31. The predicted molar refractivity (Wildman–Crippen MR) is 49.2 cm³/mol. The van der Waals surface area contributed by atoms with Crippen LogP contribution < -0.4 is 0 Å². The highest BCUT2D eigenvalue weighted by Gasteiger charge is 1.87. The smallest absolute Gasteiger partial charge is 0.328 e. The zero-order valence-corrected chi connectivity index (χ0v) is 6.90. The Hall–Kier alpha value is -1.64. The Kier molecular flexibility index (Phi) is 5.26. The van der Waals surface area contributed by atoms with Crippen molar-refractivity contribution >= 4 is 12.2 Å². The minimum Gasteiger partial charge on any atom is -0.478 e. The van der Waals surface area contributed by atoms with Crippen LogP contribution in [0.15, 0.2) is 41.6 Å². The number of carboxylic acid groups (broad SMARTS) is 1. The van der Waals surface area contributed by atoms with E-state index in [1.807, 2.05) is 0 Å². The first-order chi connectivity index (χ1) is 5.70. The second-order valence-corrected chi connectivity index (χ2v) is 1.89. The lowest BCUT2D eigenvalue weighted by Crippen LogP contribution is -1.86. The van der Waals surface area contributed by atoms with Crippen molar-refractivity contribution in [3.05, 3.63) is 36.6 Å². The maximum absolute atomic E-state index is 10.1. The third-order valence-corrected chi connectivity index (χ3v) is 0.963. The lowest BCUT2D eigenvalue weighted by atomic mass is 10.3. The molecule has 0 radical (unpaired) electrons. The van der Waals surface area contributed by atoms with E-state index in [-0.39, 0.29) is 0 Å².